The van der Waals surface area contributed by atoms with Crippen LogP contribution in [0.15, 0.2) is 0 Å². The summed E-state index contributed by atoms with van der Waals surface area (Å²) in [6.45, 7) is 2.51. The molecule has 0 aliphatic carbocycles. The topological polar surface area (TPSA) is 74.7 Å². The largest absolute Gasteiger partial charge is 0.481 e. The summed E-state index contributed by atoms with van der Waals surface area (Å²) < 4.78 is 24.7. The lowest BCUT2D eigenvalue weighted by Gasteiger charge is -2.29. The number of piperidine rings is 1. The molecule has 0 saturated carbocycles. The molecular weight excluding hydrogens is 218 g/mol. The average Bonchev–Trinajstić information content (AvgIpc) is 2.18. The van der Waals surface area contributed by atoms with Gasteiger partial charge in [-0.2, -0.15) is 0 Å². The van der Waals surface area contributed by atoms with Gasteiger partial charge in [-0.1, -0.05) is 6.92 Å². The zero-order valence-electron chi connectivity index (χ0n) is 8.85. The van der Waals surface area contributed by atoms with Gasteiger partial charge >= 0.3 is 5.97 Å². The van der Waals surface area contributed by atoms with E-state index < -0.39 is 16.0 Å². The van der Waals surface area contributed by atoms with Gasteiger partial charge in [0, 0.05) is 13.1 Å². The number of sulfonamides is 1. The monoisotopic (exact) mass is 235 g/mol. The normalized spacial score (nSPS) is 20.3. The molecule has 5 nitrogen and oxygen atoms in total. The van der Waals surface area contributed by atoms with E-state index in [0.29, 0.717) is 32.4 Å². The first-order valence-electron chi connectivity index (χ1n) is 5.18. The van der Waals surface area contributed by atoms with Crippen LogP contribution in [0.25, 0.3) is 0 Å². The highest BCUT2D eigenvalue weighted by Crippen LogP contribution is 2.20. The lowest BCUT2D eigenvalue weighted by Crippen LogP contribution is -2.41. The third kappa shape index (κ3) is 3.17. The average molecular weight is 235 g/mol. The van der Waals surface area contributed by atoms with Crippen molar-refractivity contribution in [2.45, 2.75) is 26.2 Å². The number of nitrogens with zero attached hydrogens (tertiary/aromatic N) is 1. The fraction of sp³-hybridized carbons (Fsp3) is 0.889. The lowest BCUT2D eigenvalue weighted by atomic mass is 9.99. The Kier molecular flexibility index (Phi) is 4.10. The predicted octanol–water partition coefficient (Wildman–Crippen LogP) is 0.523. The smallest absolute Gasteiger partial charge is 0.306 e. The third-order valence-electron chi connectivity index (χ3n) is 2.66. The maximum absolute atomic E-state index is 11.6. The standard InChI is InChI=1S/C9H17NO4S/c1-2-7-15(13,14)10-5-3-8(4-6-10)9(11)12/h8H,2-7H2,1H3,(H,11,12). The van der Waals surface area contributed by atoms with Crippen LogP contribution in [-0.2, 0) is 14.8 Å². The quantitative estimate of drug-likeness (QED) is 0.771. The van der Waals surface area contributed by atoms with E-state index in [1.54, 1.807) is 0 Å². The SMILES string of the molecule is CCCS(=O)(=O)N1CCC(C(=O)O)CC1. The van der Waals surface area contributed by atoms with Crippen molar-refractivity contribution in [2.24, 2.45) is 5.92 Å². The molecule has 1 aliphatic rings. The first kappa shape index (κ1) is 12.4. The molecule has 1 N–H and O–H groups in total. The number of carbonyl (C=O) groups is 1. The highest BCUT2D eigenvalue weighted by Gasteiger charge is 2.30. The Labute approximate surface area is 90.1 Å². The molecule has 0 unspecified atom stereocenters. The second-order valence-corrected chi connectivity index (χ2v) is 5.92. The number of hydrogen-bond donors (Lipinski definition) is 1. The summed E-state index contributed by atoms with van der Waals surface area (Å²) in [4.78, 5) is 10.7. The van der Waals surface area contributed by atoms with E-state index in [0.717, 1.165) is 0 Å². The summed E-state index contributed by atoms with van der Waals surface area (Å²) in [5.41, 5.74) is 0. The minimum atomic E-state index is -3.14. The minimum absolute atomic E-state index is 0.157. The zero-order valence-corrected chi connectivity index (χ0v) is 9.66. The highest BCUT2D eigenvalue weighted by atomic mass is 32.2. The van der Waals surface area contributed by atoms with Gasteiger partial charge in [-0.3, -0.25) is 4.79 Å². The second-order valence-electron chi connectivity index (χ2n) is 3.83. The molecule has 0 amide bonds. The van der Waals surface area contributed by atoms with Gasteiger partial charge in [-0.15, -0.1) is 0 Å². The molecule has 1 rings (SSSR count). The van der Waals surface area contributed by atoms with E-state index in [1.807, 2.05) is 6.92 Å². The Morgan fingerprint density at radius 2 is 1.93 bits per heavy atom. The Morgan fingerprint density at radius 1 is 1.40 bits per heavy atom. The molecule has 1 aliphatic heterocycles. The molecule has 1 fully saturated rings. The molecule has 88 valence electrons. The van der Waals surface area contributed by atoms with Crippen molar-refractivity contribution in [3.8, 4) is 0 Å². The third-order valence-corrected chi connectivity index (χ3v) is 4.73. The molecular formula is C9H17NO4S. The molecule has 0 atom stereocenters. The highest BCUT2D eigenvalue weighted by molar-refractivity contribution is 7.89. The fourth-order valence-electron chi connectivity index (χ4n) is 1.77. The Bertz CT molecular complexity index is 317. The first-order chi connectivity index (χ1) is 6.97. The summed E-state index contributed by atoms with van der Waals surface area (Å²) in [6, 6.07) is 0. The van der Waals surface area contributed by atoms with Crippen LogP contribution in [0.4, 0.5) is 0 Å². The maximum atomic E-state index is 11.6. The number of carboxylic acids is 1. The summed E-state index contributed by atoms with van der Waals surface area (Å²) in [5, 5.41) is 8.76. The Morgan fingerprint density at radius 3 is 2.33 bits per heavy atom. The van der Waals surface area contributed by atoms with Crippen LogP contribution in [0.2, 0.25) is 0 Å². The van der Waals surface area contributed by atoms with Gasteiger partial charge < -0.3 is 5.11 Å². The number of carboxylic acid groups (broad SMARTS) is 1. The van der Waals surface area contributed by atoms with Gasteiger partial charge in [0.05, 0.1) is 11.7 Å². The summed E-state index contributed by atoms with van der Waals surface area (Å²) in [7, 11) is -3.14. The molecule has 0 aromatic carbocycles. The van der Waals surface area contributed by atoms with Crippen LogP contribution in [0.5, 0.6) is 0 Å². The van der Waals surface area contributed by atoms with E-state index in [2.05, 4.69) is 0 Å². The molecule has 15 heavy (non-hydrogen) atoms. The van der Waals surface area contributed by atoms with Crippen molar-refractivity contribution in [1.29, 1.82) is 0 Å². The fourth-order valence-corrected chi connectivity index (χ4v) is 3.31. The van der Waals surface area contributed by atoms with Crippen LogP contribution in [-0.4, -0.2) is 42.6 Å². The molecule has 0 spiro atoms. The molecule has 6 heteroatoms. The first-order valence-corrected chi connectivity index (χ1v) is 6.79. The van der Waals surface area contributed by atoms with Gasteiger partial charge in [-0.05, 0) is 19.3 Å². The summed E-state index contributed by atoms with van der Waals surface area (Å²) in [6.07, 6.45) is 1.46. The van der Waals surface area contributed by atoms with Gasteiger partial charge in [0.2, 0.25) is 10.0 Å². The second kappa shape index (κ2) is 4.94. The Balaban J connectivity index is 2.54. The van der Waals surface area contributed by atoms with Crippen molar-refractivity contribution < 1.29 is 18.3 Å². The minimum Gasteiger partial charge on any atom is -0.481 e. The Hall–Kier alpha value is -0.620. The van der Waals surface area contributed by atoms with Crippen molar-refractivity contribution in [1.82, 2.24) is 4.31 Å². The summed E-state index contributed by atoms with van der Waals surface area (Å²) >= 11 is 0. The van der Waals surface area contributed by atoms with Crippen LogP contribution < -0.4 is 0 Å². The molecule has 0 aromatic rings. The van der Waals surface area contributed by atoms with Gasteiger partial charge in [-0.25, -0.2) is 12.7 Å². The number of aliphatic carboxylic acids is 1. The zero-order chi connectivity index (χ0) is 11.5. The van der Waals surface area contributed by atoms with E-state index in [1.165, 1.54) is 4.31 Å². The van der Waals surface area contributed by atoms with Crippen molar-refractivity contribution in [2.75, 3.05) is 18.8 Å². The molecule has 0 bridgehead atoms. The predicted molar refractivity (Wildman–Crippen MR) is 56.0 cm³/mol. The van der Waals surface area contributed by atoms with Crippen LogP contribution >= 0.6 is 0 Å². The summed E-state index contributed by atoms with van der Waals surface area (Å²) in [5.74, 6) is -1.04. The van der Waals surface area contributed by atoms with E-state index in [9.17, 15) is 13.2 Å². The van der Waals surface area contributed by atoms with E-state index in [4.69, 9.17) is 5.11 Å². The molecule has 0 radical (unpaired) electrons. The molecule has 1 heterocycles. The van der Waals surface area contributed by atoms with Crippen molar-refractivity contribution in [3.05, 3.63) is 0 Å². The van der Waals surface area contributed by atoms with Crippen LogP contribution in [0.1, 0.15) is 26.2 Å². The molecule has 0 aromatic heterocycles. The van der Waals surface area contributed by atoms with Gasteiger partial charge in [0.15, 0.2) is 0 Å². The number of rotatable bonds is 4. The van der Waals surface area contributed by atoms with Crippen molar-refractivity contribution >= 4 is 16.0 Å². The van der Waals surface area contributed by atoms with Gasteiger partial charge in [0.1, 0.15) is 0 Å². The van der Waals surface area contributed by atoms with Gasteiger partial charge in [0.25, 0.3) is 0 Å². The van der Waals surface area contributed by atoms with Crippen molar-refractivity contribution in [3.63, 3.8) is 0 Å². The van der Waals surface area contributed by atoms with E-state index >= 15 is 0 Å². The van der Waals surface area contributed by atoms with Crippen LogP contribution in [0, 0.1) is 5.92 Å². The van der Waals surface area contributed by atoms with E-state index in [-0.39, 0.29) is 11.7 Å². The number of hydrogen-bond acceptors (Lipinski definition) is 3. The lowest BCUT2D eigenvalue weighted by molar-refractivity contribution is -0.142. The maximum Gasteiger partial charge on any atom is 0.306 e. The molecule has 1 saturated heterocycles. The van der Waals surface area contributed by atoms with Crippen LogP contribution in [0.3, 0.4) is 0 Å².